The number of nitrogens with two attached hydrogens (primary N) is 1. The van der Waals surface area contributed by atoms with Crippen LogP contribution in [0.25, 0.3) is 0 Å². The normalized spacial score (nSPS) is 19.1. The Morgan fingerprint density at radius 2 is 1.92 bits per heavy atom. The summed E-state index contributed by atoms with van der Waals surface area (Å²) in [7, 11) is -1.64. The van der Waals surface area contributed by atoms with Crippen LogP contribution in [0.3, 0.4) is 0 Å². The lowest BCUT2D eigenvalue weighted by Gasteiger charge is -2.45. The first kappa shape index (κ1) is 27.7. The van der Waals surface area contributed by atoms with E-state index in [2.05, 4.69) is 5.32 Å². The second-order valence-electron chi connectivity index (χ2n) is 8.58. The van der Waals surface area contributed by atoms with E-state index in [4.69, 9.17) is 15.5 Å². The zero-order valence-corrected chi connectivity index (χ0v) is 19.9. The largest absolute Gasteiger partial charge is 0.535 e. The highest BCUT2D eigenvalue weighted by Gasteiger charge is 2.48. The van der Waals surface area contributed by atoms with Gasteiger partial charge in [0.15, 0.2) is 0 Å². The number of hydrogen-bond donors (Lipinski definition) is 6. The summed E-state index contributed by atoms with van der Waals surface area (Å²) in [5.41, 5.74) is 6.69. The van der Waals surface area contributed by atoms with E-state index in [1.165, 1.54) is 17.0 Å². The van der Waals surface area contributed by atoms with Crippen molar-refractivity contribution in [1.29, 1.82) is 0 Å². The van der Waals surface area contributed by atoms with Gasteiger partial charge in [-0.05, 0) is 25.0 Å². The van der Waals surface area contributed by atoms with Crippen LogP contribution in [0.5, 0.6) is 5.75 Å². The number of nitrogens with zero attached hydrogens (tertiary/aromatic N) is 3. The lowest BCUT2D eigenvalue weighted by atomic mass is 9.61. The van der Waals surface area contributed by atoms with E-state index in [1.54, 1.807) is 13.0 Å². The van der Waals surface area contributed by atoms with Gasteiger partial charge in [-0.2, -0.15) is 0 Å². The SMILES string of the molecule is CCN1CCN(N(C(=O)O)[C@H](CNCC(=O)O)C(N)[C@H]2Cc3cccc(C(=O)O)c3OB2O)C(=O)C1=O. The summed E-state index contributed by atoms with van der Waals surface area (Å²) < 4.78 is 5.48. The summed E-state index contributed by atoms with van der Waals surface area (Å²) >= 11 is 0. The van der Waals surface area contributed by atoms with Crippen molar-refractivity contribution in [2.75, 3.05) is 32.7 Å². The number of hydrazine groups is 1. The van der Waals surface area contributed by atoms with Crippen molar-refractivity contribution in [3.05, 3.63) is 29.3 Å². The van der Waals surface area contributed by atoms with E-state index in [1.807, 2.05) is 0 Å². The van der Waals surface area contributed by atoms with Crippen LogP contribution in [-0.2, 0) is 20.8 Å². The maximum Gasteiger partial charge on any atom is 0.527 e. The second-order valence-corrected chi connectivity index (χ2v) is 8.58. The van der Waals surface area contributed by atoms with Crippen molar-refractivity contribution < 1.29 is 49.0 Å². The maximum absolute atomic E-state index is 12.8. The molecule has 2 heterocycles. The number of carbonyl (C=O) groups is 5. The predicted octanol–water partition coefficient (Wildman–Crippen LogP) is -1.87. The Bertz CT molecular complexity index is 1090. The molecule has 1 fully saturated rings. The molecule has 0 saturated carbocycles. The van der Waals surface area contributed by atoms with Crippen LogP contribution in [0, 0.1) is 0 Å². The standard InChI is InChI=1S/C21H28BN5O10/c1-2-25-6-7-26(19(31)18(25)30)27(21(34)35)14(9-24-10-15(28)29)16(23)13-8-11-4-3-5-12(20(32)33)17(11)37-22(13)36/h3-5,13-14,16,24,36H,2,6-10,23H2,1H3,(H,28,29)(H,32,33)(H,34,35)/t13-,14-,16?/m1/s1. The van der Waals surface area contributed by atoms with Crippen molar-refractivity contribution in [1.82, 2.24) is 20.2 Å². The van der Waals surface area contributed by atoms with Gasteiger partial charge in [-0.15, -0.1) is 0 Å². The van der Waals surface area contributed by atoms with Crippen LogP contribution in [0.4, 0.5) is 4.79 Å². The van der Waals surface area contributed by atoms with Crippen molar-refractivity contribution in [2.45, 2.75) is 31.2 Å². The van der Waals surface area contributed by atoms with E-state index >= 15 is 0 Å². The molecule has 37 heavy (non-hydrogen) atoms. The number of hydrogen-bond acceptors (Lipinski definition) is 9. The molecule has 1 unspecified atom stereocenters. The number of para-hydroxylation sites is 1. The number of nitrogens with one attached hydrogen (secondary N) is 1. The minimum atomic E-state index is -1.64. The minimum absolute atomic E-state index is 0.00182. The van der Waals surface area contributed by atoms with Crippen LogP contribution >= 0.6 is 0 Å². The van der Waals surface area contributed by atoms with Crippen LogP contribution in [0.2, 0.25) is 5.82 Å². The maximum atomic E-state index is 12.8. The smallest absolute Gasteiger partial charge is 0.527 e. The molecule has 2 aliphatic heterocycles. The lowest BCUT2D eigenvalue weighted by Crippen LogP contribution is -2.68. The Labute approximate surface area is 211 Å². The predicted molar refractivity (Wildman–Crippen MR) is 126 cm³/mol. The Hall–Kier alpha value is -3.89. The Morgan fingerprint density at radius 3 is 2.51 bits per heavy atom. The van der Waals surface area contributed by atoms with Gasteiger partial charge >= 0.3 is 37.0 Å². The number of carboxylic acid groups (broad SMARTS) is 3. The summed E-state index contributed by atoms with van der Waals surface area (Å²) in [6, 6.07) is 1.79. The van der Waals surface area contributed by atoms with Crippen LogP contribution in [0.1, 0.15) is 22.8 Å². The van der Waals surface area contributed by atoms with E-state index in [9.17, 15) is 39.2 Å². The summed E-state index contributed by atoms with van der Waals surface area (Å²) in [6.07, 6.45) is -1.62. The average molecular weight is 521 g/mol. The molecule has 3 rings (SSSR count). The molecule has 3 atom stereocenters. The topological polar surface area (TPSA) is 223 Å². The first-order chi connectivity index (χ1) is 17.5. The zero-order valence-electron chi connectivity index (χ0n) is 19.9. The Morgan fingerprint density at radius 1 is 1.22 bits per heavy atom. The van der Waals surface area contributed by atoms with E-state index in [0.29, 0.717) is 10.6 Å². The third kappa shape index (κ3) is 5.76. The first-order valence-corrected chi connectivity index (χ1v) is 11.5. The fraction of sp³-hybridized carbons (Fsp3) is 0.476. The highest BCUT2D eigenvalue weighted by Crippen LogP contribution is 2.37. The number of likely N-dealkylation sites (N-methyl/N-ethyl adjacent to an activating group) is 1. The van der Waals surface area contributed by atoms with Crippen molar-refractivity contribution >= 4 is 37.0 Å². The van der Waals surface area contributed by atoms with Gasteiger partial charge in [0.25, 0.3) is 0 Å². The lowest BCUT2D eigenvalue weighted by molar-refractivity contribution is -0.170. The van der Waals surface area contributed by atoms with E-state index in [0.717, 1.165) is 5.01 Å². The molecule has 15 nitrogen and oxygen atoms in total. The minimum Gasteiger partial charge on any atom is -0.535 e. The van der Waals surface area contributed by atoms with Crippen molar-refractivity contribution in [3.63, 3.8) is 0 Å². The number of aromatic carboxylic acids is 1. The van der Waals surface area contributed by atoms with Gasteiger partial charge in [-0.1, -0.05) is 12.1 Å². The summed E-state index contributed by atoms with van der Waals surface area (Å²) in [4.78, 5) is 61.5. The monoisotopic (exact) mass is 521 g/mol. The van der Waals surface area contributed by atoms with Gasteiger partial charge in [0.05, 0.1) is 24.7 Å². The van der Waals surface area contributed by atoms with Gasteiger partial charge in [0.2, 0.25) is 0 Å². The summed E-state index contributed by atoms with van der Waals surface area (Å²) in [6.45, 7) is 0.930. The number of carboxylic acids is 2. The van der Waals surface area contributed by atoms with Crippen molar-refractivity contribution in [2.24, 2.45) is 5.73 Å². The molecule has 7 N–H and O–H groups in total. The zero-order chi connectivity index (χ0) is 27.4. The molecule has 200 valence electrons. The molecular weight excluding hydrogens is 493 g/mol. The molecule has 0 aromatic heterocycles. The molecule has 3 amide bonds. The third-order valence-corrected chi connectivity index (χ3v) is 6.39. The summed E-state index contributed by atoms with van der Waals surface area (Å²) in [5.74, 6) is -5.53. The van der Waals surface area contributed by atoms with Gasteiger partial charge in [-0.25, -0.2) is 19.6 Å². The third-order valence-electron chi connectivity index (χ3n) is 6.39. The van der Waals surface area contributed by atoms with E-state index < -0.39 is 61.4 Å². The Balaban J connectivity index is 1.95. The number of carbonyl (C=O) groups excluding carboxylic acids is 2. The molecule has 16 heteroatoms. The second kappa shape index (κ2) is 11.4. The van der Waals surface area contributed by atoms with E-state index in [-0.39, 0.29) is 43.9 Å². The number of piperazine rings is 1. The fourth-order valence-electron chi connectivity index (χ4n) is 4.54. The molecule has 0 radical (unpaired) electrons. The molecule has 2 aliphatic rings. The molecule has 0 bridgehead atoms. The fourth-order valence-corrected chi connectivity index (χ4v) is 4.54. The quantitative estimate of drug-likeness (QED) is 0.147. The highest BCUT2D eigenvalue weighted by molar-refractivity contribution is 6.46. The van der Waals surface area contributed by atoms with Gasteiger partial charge in [0, 0.05) is 31.5 Å². The summed E-state index contributed by atoms with van der Waals surface area (Å²) in [5, 5.41) is 43.1. The number of rotatable bonds is 10. The number of fused-ring (bicyclic) bond motifs is 1. The number of aliphatic carboxylic acids is 1. The van der Waals surface area contributed by atoms with Crippen LogP contribution in [0.15, 0.2) is 18.2 Å². The number of benzene rings is 1. The highest BCUT2D eigenvalue weighted by atomic mass is 16.5. The van der Waals surface area contributed by atoms with Crippen molar-refractivity contribution in [3.8, 4) is 5.75 Å². The van der Waals surface area contributed by atoms with Crippen LogP contribution < -0.4 is 15.7 Å². The van der Waals surface area contributed by atoms with Crippen LogP contribution in [-0.4, -0.2) is 117 Å². The van der Waals surface area contributed by atoms with Gasteiger partial charge < -0.3 is 40.9 Å². The van der Waals surface area contributed by atoms with Gasteiger partial charge in [-0.3, -0.25) is 14.4 Å². The van der Waals surface area contributed by atoms with Gasteiger partial charge in [0.1, 0.15) is 5.75 Å². The molecule has 0 aliphatic carbocycles. The molecule has 0 spiro atoms. The average Bonchev–Trinajstić information content (AvgIpc) is 2.84. The first-order valence-electron chi connectivity index (χ1n) is 11.5. The molecule has 1 aromatic rings. The molecule has 1 aromatic carbocycles. The number of amides is 3. The molecule has 1 saturated heterocycles. The Kier molecular flexibility index (Phi) is 8.57. The molecular formula is C21H28BN5O10.